The molecule has 0 atom stereocenters. The topological polar surface area (TPSA) is 30.7 Å². The van der Waals surface area contributed by atoms with E-state index in [1.807, 2.05) is 0 Å². The first-order valence-electron chi connectivity index (χ1n) is 28.0. The maximum Gasteiger partial charge on any atom is 0.160 e. The summed E-state index contributed by atoms with van der Waals surface area (Å²) in [6, 6.07) is 113. The minimum atomic E-state index is -0.574. The van der Waals surface area contributed by atoms with Crippen LogP contribution >= 0.6 is 0 Å². The third-order valence-electron chi connectivity index (χ3n) is 17.4. The number of benzene rings is 12. The van der Waals surface area contributed by atoms with Gasteiger partial charge in [-0.15, -0.1) is 0 Å². The third kappa shape index (κ3) is 7.08. The fraction of sp³-hybridized carbons (Fsp3) is 0.0256. The molecule has 3 nitrogen and oxygen atoms in total. The average molecular weight is 1030 g/mol. The van der Waals surface area contributed by atoms with Crippen molar-refractivity contribution in [2.75, 3.05) is 0 Å². The summed E-state index contributed by atoms with van der Waals surface area (Å²) in [5.41, 5.74) is 24.2. The van der Waals surface area contributed by atoms with Crippen LogP contribution in [0.15, 0.2) is 309 Å². The summed E-state index contributed by atoms with van der Waals surface area (Å²) in [5.74, 6) is 0.669. The number of hydrogen-bond donors (Lipinski definition) is 0. The summed E-state index contributed by atoms with van der Waals surface area (Å²) >= 11 is 0. The molecule has 2 heterocycles. The number of fused-ring (bicyclic) bond motifs is 9. The molecule has 0 saturated heterocycles. The quantitative estimate of drug-likeness (QED) is 0.144. The number of para-hydroxylation sites is 2. The Hall–Kier alpha value is -10.5. The van der Waals surface area contributed by atoms with Gasteiger partial charge in [-0.05, 0) is 120 Å². The second-order valence-corrected chi connectivity index (χ2v) is 21.5. The Labute approximate surface area is 471 Å². The Kier molecular flexibility index (Phi) is 10.7. The molecule has 16 rings (SSSR count). The summed E-state index contributed by atoms with van der Waals surface area (Å²) in [6.45, 7) is 0. The van der Waals surface area contributed by atoms with Gasteiger partial charge in [0.1, 0.15) is 0 Å². The lowest BCUT2D eigenvalue weighted by Crippen LogP contribution is -2.28. The average Bonchev–Trinajstić information content (AvgIpc) is 3.99. The van der Waals surface area contributed by atoms with E-state index in [0.29, 0.717) is 5.82 Å². The lowest BCUT2D eigenvalue weighted by Gasteiger charge is -2.34. The van der Waals surface area contributed by atoms with Crippen LogP contribution in [-0.4, -0.2) is 14.5 Å². The van der Waals surface area contributed by atoms with Crippen molar-refractivity contribution in [3.8, 4) is 73.0 Å². The number of hydrogen-bond acceptors (Lipinski definition) is 2. The Morgan fingerprint density at radius 2 is 0.593 bits per heavy atom. The van der Waals surface area contributed by atoms with Crippen LogP contribution in [0.3, 0.4) is 0 Å². The van der Waals surface area contributed by atoms with Gasteiger partial charge in [0, 0.05) is 33.2 Å². The molecule has 0 radical (unpaired) electrons. The van der Waals surface area contributed by atoms with Gasteiger partial charge in [-0.1, -0.05) is 267 Å². The highest BCUT2D eigenvalue weighted by molar-refractivity contribution is 6.09. The smallest absolute Gasteiger partial charge is 0.160 e. The zero-order valence-corrected chi connectivity index (χ0v) is 44.3. The molecule has 2 aliphatic carbocycles. The van der Waals surface area contributed by atoms with E-state index < -0.39 is 10.8 Å². The Balaban J connectivity index is 0.868. The van der Waals surface area contributed by atoms with Crippen LogP contribution in [0.2, 0.25) is 0 Å². The first-order chi connectivity index (χ1) is 40.2. The molecule has 0 unspecified atom stereocenters. The van der Waals surface area contributed by atoms with Gasteiger partial charge in [0.15, 0.2) is 5.82 Å². The predicted octanol–water partition coefficient (Wildman–Crippen LogP) is 19.0. The van der Waals surface area contributed by atoms with Gasteiger partial charge in [0.2, 0.25) is 0 Å². The molecule has 12 aromatic carbocycles. The second kappa shape index (κ2) is 18.6. The van der Waals surface area contributed by atoms with Gasteiger partial charge in [-0.3, -0.25) is 0 Å². The standard InChI is InChI=1S/C78H51N3/c1-5-21-57(22-6-1)77(58-23-7-2-8-24-58)68-33-17-13-29-62(68)64-47-43-55(49-70(64)77)73-51-72(54-39-37-52(38-40-54)53-41-45-61(46-42-53)81-74-35-19-15-31-66(74)67-32-16-20-36-75(67)81)79-76(80-73)56-44-48-65-63-30-14-18-34-69(63)78(71(65)50-56,59-25-9-3-10-26-59)60-27-11-4-12-28-60/h1-51H. The molecule has 2 aliphatic rings. The maximum atomic E-state index is 5.65. The molecule has 0 aliphatic heterocycles. The highest BCUT2D eigenvalue weighted by Crippen LogP contribution is 2.58. The summed E-state index contributed by atoms with van der Waals surface area (Å²) < 4.78 is 2.37. The van der Waals surface area contributed by atoms with E-state index in [2.05, 4.69) is 314 Å². The minimum Gasteiger partial charge on any atom is -0.309 e. The van der Waals surface area contributed by atoms with Crippen molar-refractivity contribution in [1.29, 1.82) is 0 Å². The molecular weight excluding hydrogens is 979 g/mol. The van der Waals surface area contributed by atoms with Crippen molar-refractivity contribution in [2.24, 2.45) is 0 Å². The summed E-state index contributed by atoms with van der Waals surface area (Å²) in [7, 11) is 0. The molecule has 14 aromatic rings. The van der Waals surface area contributed by atoms with Crippen LogP contribution < -0.4 is 0 Å². The third-order valence-corrected chi connectivity index (χ3v) is 17.4. The number of rotatable bonds is 9. The highest BCUT2D eigenvalue weighted by Gasteiger charge is 2.47. The van der Waals surface area contributed by atoms with Crippen LogP contribution in [-0.2, 0) is 10.8 Å². The van der Waals surface area contributed by atoms with Crippen LogP contribution in [0.4, 0.5) is 0 Å². The molecule has 0 bridgehead atoms. The largest absolute Gasteiger partial charge is 0.309 e. The Morgan fingerprint density at radius 3 is 1.07 bits per heavy atom. The molecule has 378 valence electrons. The first-order valence-corrected chi connectivity index (χ1v) is 28.0. The van der Waals surface area contributed by atoms with E-state index in [1.165, 1.54) is 88.6 Å². The first kappa shape index (κ1) is 46.6. The second-order valence-electron chi connectivity index (χ2n) is 21.5. The molecule has 3 heteroatoms. The van der Waals surface area contributed by atoms with Gasteiger partial charge < -0.3 is 4.57 Å². The van der Waals surface area contributed by atoms with Crippen LogP contribution in [0, 0.1) is 0 Å². The van der Waals surface area contributed by atoms with Gasteiger partial charge in [0.25, 0.3) is 0 Å². The van der Waals surface area contributed by atoms with Gasteiger partial charge in [-0.2, -0.15) is 0 Å². The summed E-state index contributed by atoms with van der Waals surface area (Å²) in [6.07, 6.45) is 0. The van der Waals surface area contributed by atoms with Crippen molar-refractivity contribution in [2.45, 2.75) is 10.8 Å². The zero-order valence-electron chi connectivity index (χ0n) is 44.3. The maximum absolute atomic E-state index is 5.65. The SMILES string of the molecule is c1ccc(C2(c3ccccc3)c3ccccc3-c3ccc(-c4cc(-c5ccc(-c6ccc(-n7c8ccccc8c8ccccc87)cc6)cc5)nc(-c5ccc6c(c5)C(c5ccccc5)(c5ccccc5)c5ccccc5-6)n4)cc32)cc1. The van der Waals surface area contributed by atoms with Crippen LogP contribution in [0.5, 0.6) is 0 Å². The molecular formula is C78H51N3. The van der Waals surface area contributed by atoms with Crippen LogP contribution in [0.1, 0.15) is 44.5 Å². The number of nitrogens with zero attached hydrogens (tertiary/aromatic N) is 3. The number of aromatic nitrogens is 3. The van der Waals surface area contributed by atoms with Crippen LogP contribution in [0.25, 0.3) is 94.8 Å². The molecule has 0 N–H and O–H groups in total. The van der Waals surface area contributed by atoms with Gasteiger partial charge >= 0.3 is 0 Å². The zero-order chi connectivity index (χ0) is 53.5. The van der Waals surface area contributed by atoms with E-state index in [9.17, 15) is 0 Å². The molecule has 2 aromatic heterocycles. The Morgan fingerprint density at radius 1 is 0.247 bits per heavy atom. The van der Waals surface area contributed by atoms with E-state index in [1.54, 1.807) is 0 Å². The normalized spacial score (nSPS) is 13.4. The summed E-state index contributed by atoms with van der Waals surface area (Å²) in [4.78, 5) is 11.2. The predicted molar refractivity (Wildman–Crippen MR) is 333 cm³/mol. The lowest BCUT2D eigenvalue weighted by molar-refractivity contribution is 0.768. The van der Waals surface area contributed by atoms with Crippen molar-refractivity contribution >= 4 is 21.8 Å². The molecule has 81 heavy (non-hydrogen) atoms. The fourth-order valence-electron chi connectivity index (χ4n) is 13.9. The van der Waals surface area contributed by atoms with Crippen molar-refractivity contribution in [3.63, 3.8) is 0 Å². The summed E-state index contributed by atoms with van der Waals surface area (Å²) in [5, 5.41) is 2.51. The van der Waals surface area contributed by atoms with Gasteiger partial charge in [0.05, 0.1) is 33.3 Å². The molecule has 0 saturated carbocycles. The fourth-order valence-corrected chi connectivity index (χ4v) is 13.9. The van der Waals surface area contributed by atoms with E-state index in [-0.39, 0.29) is 0 Å². The molecule has 0 amide bonds. The monoisotopic (exact) mass is 1030 g/mol. The highest BCUT2D eigenvalue weighted by atomic mass is 15.0. The Bertz CT molecular complexity index is 4380. The van der Waals surface area contributed by atoms with Crippen molar-refractivity contribution in [1.82, 2.24) is 14.5 Å². The molecule has 0 spiro atoms. The molecule has 0 fully saturated rings. The minimum absolute atomic E-state index is 0.562. The van der Waals surface area contributed by atoms with Gasteiger partial charge in [-0.25, -0.2) is 9.97 Å². The van der Waals surface area contributed by atoms with Crippen molar-refractivity contribution in [3.05, 3.63) is 354 Å². The van der Waals surface area contributed by atoms with E-state index in [4.69, 9.17) is 9.97 Å². The van der Waals surface area contributed by atoms with Crippen molar-refractivity contribution < 1.29 is 0 Å². The lowest BCUT2D eigenvalue weighted by atomic mass is 9.67. The van der Waals surface area contributed by atoms with E-state index in [0.717, 1.165) is 44.9 Å². The van der Waals surface area contributed by atoms with E-state index >= 15 is 0 Å².